The Hall–Kier alpha value is -1.36. The van der Waals surface area contributed by atoms with Crippen molar-refractivity contribution in [1.29, 1.82) is 0 Å². The van der Waals surface area contributed by atoms with Crippen LogP contribution >= 0.6 is 0 Å². The Morgan fingerprint density at radius 1 is 1.53 bits per heavy atom. The second kappa shape index (κ2) is 7.00. The first-order chi connectivity index (χ1) is 6.97. The number of nitrogens with one attached hydrogen (secondary N) is 1. The van der Waals surface area contributed by atoms with Gasteiger partial charge in [-0.25, -0.2) is 4.79 Å². The van der Waals surface area contributed by atoms with Gasteiger partial charge in [-0.15, -0.1) is 0 Å². The van der Waals surface area contributed by atoms with E-state index in [4.69, 9.17) is 10.8 Å². The lowest BCUT2D eigenvalue weighted by Gasteiger charge is -2.13. The Morgan fingerprint density at radius 3 is 2.53 bits per heavy atom. The van der Waals surface area contributed by atoms with Crippen LogP contribution in [0.3, 0.4) is 0 Å². The fourth-order valence-electron chi connectivity index (χ4n) is 1.13. The molecule has 0 radical (unpaired) electrons. The summed E-state index contributed by atoms with van der Waals surface area (Å²) in [5.74, 6) is -1.50. The highest BCUT2D eigenvalue weighted by Crippen LogP contribution is 2.03. The molecule has 4 N–H and O–H groups in total. The van der Waals surface area contributed by atoms with E-state index in [1.165, 1.54) is 0 Å². The quantitative estimate of drug-likeness (QED) is 0.530. The zero-order valence-corrected chi connectivity index (χ0v) is 8.90. The first-order valence-electron chi connectivity index (χ1n) is 4.88. The number of hydrogen-bond donors (Lipinski definition) is 3. The number of amides is 1. The number of carboxylic acid groups (broad SMARTS) is 1. The molecule has 5 nitrogen and oxygen atoms in total. The summed E-state index contributed by atoms with van der Waals surface area (Å²) >= 11 is 0. The van der Waals surface area contributed by atoms with Crippen LogP contribution in [0.4, 0.5) is 0 Å². The van der Waals surface area contributed by atoms with E-state index in [1.54, 1.807) is 0 Å². The molecule has 0 aromatic carbocycles. The van der Waals surface area contributed by atoms with E-state index in [-0.39, 0.29) is 6.04 Å². The number of aliphatic carboxylic acids is 1. The van der Waals surface area contributed by atoms with Crippen LogP contribution in [-0.4, -0.2) is 29.1 Å². The highest BCUT2D eigenvalue weighted by molar-refractivity contribution is 5.90. The summed E-state index contributed by atoms with van der Waals surface area (Å²) < 4.78 is 0. The van der Waals surface area contributed by atoms with E-state index in [0.29, 0.717) is 12.8 Å². The first kappa shape index (κ1) is 13.6. The van der Waals surface area contributed by atoms with Crippen molar-refractivity contribution in [2.45, 2.75) is 38.3 Å². The van der Waals surface area contributed by atoms with Crippen LogP contribution in [0, 0.1) is 0 Å². The summed E-state index contributed by atoms with van der Waals surface area (Å²) in [6.45, 7) is 5.12. The molecule has 0 aromatic heterocycles. The summed E-state index contributed by atoms with van der Waals surface area (Å²) in [5, 5.41) is 11.1. The summed E-state index contributed by atoms with van der Waals surface area (Å²) in [6, 6.07) is -0.802. The minimum absolute atomic E-state index is 0.0505. The lowest BCUT2D eigenvalue weighted by Crippen LogP contribution is -2.40. The molecule has 0 saturated heterocycles. The second-order valence-electron chi connectivity index (χ2n) is 3.51. The Labute approximate surface area is 89.3 Å². The molecule has 0 aliphatic carbocycles. The molecule has 15 heavy (non-hydrogen) atoms. The topological polar surface area (TPSA) is 92.4 Å². The van der Waals surface area contributed by atoms with Gasteiger partial charge >= 0.3 is 5.97 Å². The molecular weight excluding hydrogens is 196 g/mol. The predicted molar refractivity (Wildman–Crippen MR) is 57.3 cm³/mol. The number of hydrogen-bond acceptors (Lipinski definition) is 3. The van der Waals surface area contributed by atoms with Gasteiger partial charge in [-0.2, -0.15) is 0 Å². The highest BCUT2D eigenvalue weighted by Gasteiger charge is 2.18. The fraction of sp³-hybridized carbons (Fsp3) is 0.600. The highest BCUT2D eigenvalue weighted by atomic mass is 16.4. The van der Waals surface area contributed by atoms with E-state index < -0.39 is 17.9 Å². The van der Waals surface area contributed by atoms with Crippen LogP contribution in [0.2, 0.25) is 0 Å². The molecule has 2 atom stereocenters. The molecule has 0 aliphatic heterocycles. The van der Waals surface area contributed by atoms with Crippen molar-refractivity contribution >= 4 is 11.9 Å². The van der Waals surface area contributed by atoms with Crippen LogP contribution in [0.1, 0.15) is 26.2 Å². The fourth-order valence-corrected chi connectivity index (χ4v) is 1.13. The SMILES string of the molecule is C=CC(=O)N[C@@H](CCCC(C)N)C(=O)O. The van der Waals surface area contributed by atoms with Crippen LogP contribution < -0.4 is 11.1 Å². The summed E-state index contributed by atoms with van der Waals surface area (Å²) in [4.78, 5) is 21.7. The van der Waals surface area contributed by atoms with Crippen molar-refractivity contribution in [2.24, 2.45) is 5.73 Å². The molecule has 1 amide bonds. The van der Waals surface area contributed by atoms with Crippen molar-refractivity contribution in [1.82, 2.24) is 5.32 Å². The molecular formula is C10H18N2O3. The largest absolute Gasteiger partial charge is 0.480 e. The molecule has 0 bridgehead atoms. The van der Waals surface area contributed by atoms with Crippen molar-refractivity contribution in [3.63, 3.8) is 0 Å². The van der Waals surface area contributed by atoms with Crippen molar-refractivity contribution in [2.75, 3.05) is 0 Å². The van der Waals surface area contributed by atoms with Gasteiger partial charge in [-0.3, -0.25) is 4.79 Å². The first-order valence-corrected chi connectivity index (χ1v) is 4.88. The van der Waals surface area contributed by atoms with Crippen LogP contribution in [0.15, 0.2) is 12.7 Å². The molecule has 5 heteroatoms. The molecule has 0 heterocycles. The molecule has 0 aliphatic rings. The molecule has 0 saturated carbocycles. The molecule has 0 fully saturated rings. The smallest absolute Gasteiger partial charge is 0.326 e. The molecule has 0 spiro atoms. The minimum Gasteiger partial charge on any atom is -0.480 e. The number of carbonyl (C=O) groups is 2. The number of carboxylic acids is 1. The average Bonchev–Trinajstić information content (AvgIpc) is 2.15. The maximum Gasteiger partial charge on any atom is 0.326 e. The van der Waals surface area contributed by atoms with Gasteiger partial charge in [0.1, 0.15) is 6.04 Å². The molecule has 1 unspecified atom stereocenters. The minimum atomic E-state index is -1.03. The number of rotatable bonds is 7. The van der Waals surface area contributed by atoms with Gasteiger partial charge in [0.2, 0.25) is 5.91 Å². The maximum absolute atomic E-state index is 10.9. The van der Waals surface area contributed by atoms with E-state index in [2.05, 4.69) is 11.9 Å². The van der Waals surface area contributed by atoms with Gasteiger partial charge < -0.3 is 16.2 Å². The van der Waals surface area contributed by atoms with Crippen LogP contribution in [0.25, 0.3) is 0 Å². The van der Waals surface area contributed by atoms with Crippen molar-refractivity contribution in [3.05, 3.63) is 12.7 Å². The lowest BCUT2D eigenvalue weighted by molar-refractivity contribution is -0.141. The Kier molecular flexibility index (Phi) is 6.37. The van der Waals surface area contributed by atoms with Crippen molar-refractivity contribution < 1.29 is 14.7 Å². The summed E-state index contributed by atoms with van der Waals surface area (Å²) in [6.07, 6.45) is 2.86. The van der Waals surface area contributed by atoms with Gasteiger partial charge in [0.05, 0.1) is 0 Å². The zero-order chi connectivity index (χ0) is 11.8. The molecule has 0 rings (SSSR count). The van der Waals surface area contributed by atoms with Gasteiger partial charge in [0, 0.05) is 6.04 Å². The van der Waals surface area contributed by atoms with Gasteiger partial charge in [0.25, 0.3) is 0 Å². The summed E-state index contributed by atoms with van der Waals surface area (Å²) in [5.41, 5.74) is 5.53. The van der Waals surface area contributed by atoms with E-state index in [1.807, 2.05) is 6.92 Å². The average molecular weight is 214 g/mol. The lowest BCUT2D eigenvalue weighted by atomic mass is 10.1. The number of nitrogens with two attached hydrogens (primary N) is 1. The monoisotopic (exact) mass is 214 g/mol. The van der Waals surface area contributed by atoms with Gasteiger partial charge in [-0.05, 0) is 32.3 Å². The van der Waals surface area contributed by atoms with Crippen LogP contribution in [0.5, 0.6) is 0 Å². The Morgan fingerprint density at radius 2 is 2.13 bits per heavy atom. The van der Waals surface area contributed by atoms with Crippen LogP contribution in [-0.2, 0) is 9.59 Å². The normalized spacial score (nSPS) is 14.0. The summed E-state index contributed by atoms with van der Waals surface area (Å²) in [7, 11) is 0. The standard InChI is InChI=1S/C10H18N2O3/c1-3-9(13)12-8(10(14)15)6-4-5-7(2)11/h3,7-8H,1,4-6,11H2,2H3,(H,12,13)(H,14,15)/t7?,8-/m0/s1. The second-order valence-corrected chi connectivity index (χ2v) is 3.51. The van der Waals surface area contributed by atoms with Gasteiger partial charge in [-0.1, -0.05) is 6.58 Å². The van der Waals surface area contributed by atoms with Gasteiger partial charge in [0.15, 0.2) is 0 Å². The molecule has 0 aromatic rings. The zero-order valence-electron chi connectivity index (χ0n) is 8.90. The third-order valence-corrected chi connectivity index (χ3v) is 1.95. The third kappa shape index (κ3) is 6.68. The maximum atomic E-state index is 10.9. The van der Waals surface area contributed by atoms with E-state index >= 15 is 0 Å². The Bertz CT molecular complexity index is 239. The van der Waals surface area contributed by atoms with Crippen molar-refractivity contribution in [3.8, 4) is 0 Å². The Balaban J connectivity index is 4.00. The molecule has 86 valence electrons. The van der Waals surface area contributed by atoms with E-state index in [0.717, 1.165) is 12.5 Å². The third-order valence-electron chi connectivity index (χ3n) is 1.95. The predicted octanol–water partition coefficient (Wildman–Crippen LogP) is 0.259. The number of carbonyl (C=O) groups excluding carboxylic acids is 1. The van der Waals surface area contributed by atoms with E-state index in [9.17, 15) is 9.59 Å².